The number of aromatic nitrogens is 1. The highest BCUT2D eigenvalue weighted by Gasteiger charge is 2.46. The van der Waals surface area contributed by atoms with E-state index in [0.29, 0.717) is 37.5 Å². The molecule has 3 fully saturated rings. The van der Waals surface area contributed by atoms with Crippen LogP contribution in [0.5, 0.6) is 11.5 Å². The van der Waals surface area contributed by atoms with Crippen LogP contribution in [0.1, 0.15) is 72.0 Å². The molecule has 1 N–H and O–H groups in total. The molecule has 3 heterocycles. The van der Waals surface area contributed by atoms with E-state index >= 15 is 0 Å². The van der Waals surface area contributed by atoms with Crippen molar-refractivity contribution in [2.24, 2.45) is 0 Å². The van der Waals surface area contributed by atoms with Crippen LogP contribution < -0.4 is 14.8 Å². The van der Waals surface area contributed by atoms with Gasteiger partial charge in [0.1, 0.15) is 0 Å². The highest BCUT2D eigenvalue weighted by molar-refractivity contribution is 6.10. The molecule has 0 spiro atoms. The standard InChI is InChI=1S/C40H42F6N4O3/c1-52-33-22-30-32(23-34(33)53-25-39(41,42)43)47-36(26-9-8-12-28(21-26)40(44,45)46)31(24-49-19-13-29(14-20-49)50-17-6-3-7-18-50)35(30)37(51)48-38(15-16-38)27-10-4-2-5-11-27/h2,4-5,8-12,21-23,29H,3,6-7,13-20,24-25H2,1H3,(H,48,51). The van der Waals surface area contributed by atoms with Crippen LogP contribution in [0.4, 0.5) is 26.3 Å². The zero-order chi connectivity index (χ0) is 37.4. The van der Waals surface area contributed by atoms with Gasteiger partial charge in [-0.25, -0.2) is 4.98 Å². The molecule has 1 amide bonds. The average Bonchev–Trinajstić information content (AvgIpc) is 3.94. The first kappa shape index (κ1) is 37.0. The molecule has 0 radical (unpaired) electrons. The Morgan fingerprint density at radius 1 is 0.887 bits per heavy atom. The molecule has 2 aliphatic heterocycles. The van der Waals surface area contributed by atoms with Gasteiger partial charge in [0.25, 0.3) is 5.91 Å². The summed E-state index contributed by atoms with van der Waals surface area (Å²) in [5, 5.41) is 3.53. The molecule has 3 aliphatic rings. The second kappa shape index (κ2) is 14.8. The van der Waals surface area contributed by atoms with Gasteiger partial charge in [-0.05, 0) is 88.5 Å². The quantitative estimate of drug-likeness (QED) is 0.164. The maximum Gasteiger partial charge on any atom is 0.422 e. The number of halogens is 6. The molecule has 0 atom stereocenters. The summed E-state index contributed by atoms with van der Waals surface area (Å²) in [5.74, 6) is -0.764. The number of fused-ring (bicyclic) bond motifs is 1. The third-order valence-electron chi connectivity index (χ3n) is 10.7. The van der Waals surface area contributed by atoms with Crippen LogP contribution in [0.2, 0.25) is 0 Å². The second-order valence-electron chi connectivity index (χ2n) is 14.3. The van der Waals surface area contributed by atoms with E-state index in [0.717, 1.165) is 43.6 Å². The summed E-state index contributed by atoms with van der Waals surface area (Å²) in [6.45, 7) is 2.18. The molecule has 282 valence electrons. The first-order valence-corrected chi connectivity index (χ1v) is 18.1. The van der Waals surface area contributed by atoms with Gasteiger partial charge in [0.05, 0.1) is 35.0 Å². The number of carbonyl (C=O) groups is 1. The van der Waals surface area contributed by atoms with Crippen molar-refractivity contribution in [1.29, 1.82) is 0 Å². The van der Waals surface area contributed by atoms with Gasteiger partial charge < -0.3 is 19.7 Å². The summed E-state index contributed by atoms with van der Waals surface area (Å²) in [5.41, 5.74) is 0.360. The van der Waals surface area contributed by atoms with Crippen LogP contribution in [0.3, 0.4) is 0 Å². The molecule has 2 saturated heterocycles. The molecule has 53 heavy (non-hydrogen) atoms. The molecule has 0 bridgehead atoms. The van der Waals surface area contributed by atoms with Crippen LogP contribution in [0.15, 0.2) is 66.7 Å². The number of hydrogen-bond acceptors (Lipinski definition) is 6. The van der Waals surface area contributed by atoms with Gasteiger partial charge in [-0.2, -0.15) is 26.3 Å². The van der Waals surface area contributed by atoms with Crippen LogP contribution in [-0.2, 0) is 18.3 Å². The molecule has 7 rings (SSSR count). The Kier molecular flexibility index (Phi) is 10.3. The summed E-state index contributed by atoms with van der Waals surface area (Å²) in [6.07, 6.45) is -2.52. The highest BCUT2D eigenvalue weighted by atomic mass is 19.4. The van der Waals surface area contributed by atoms with Crippen molar-refractivity contribution in [3.63, 3.8) is 0 Å². The van der Waals surface area contributed by atoms with Crippen molar-refractivity contribution in [2.45, 2.75) is 75.4 Å². The lowest BCUT2D eigenvalue weighted by Crippen LogP contribution is -2.46. The minimum absolute atomic E-state index is 0.0399. The van der Waals surface area contributed by atoms with Gasteiger partial charge in [-0.15, -0.1) is 0 Å². The zero-order valence-corrected chi connectivity index (χ0v) is 29.5. The molecule has 3 aromatic carbocycles. The number of nitrogens with zero attached hydrogens (tertiary/aromatic N) is 3. The summed E-state index contributed by atoms with van der Waals surface area (Å²) >= 11 is 0. The fraction of sp³-hybridized carbons (Fsp3) is 0.450. The number of ether oxygens (including phenoxy) is 2. The maximum absolute atomic E-state index is 14.8. The number of likely N-dealkylation sites (tertiary alicyclic amines) is 2. The Bertz CT molecular complexity index is 1930. The van der Waals surface area contributed by atoms with Gasteiger partial charge in [0.15, 0.2) is 18.1 Å². The fourth-order valence-electron chi connectivity index (χ4n) is 7.84. The van der Waals surface area contributed by atoms with E-state index in [4.69, 9.17) is 14.5 Å². The molecule has 1 saturated carbocycles. The minimum Gasteiger partial charge on any atom is -0.493 e. The van der Waals surface area contributed by atoms with Crippen LogP contribution in [0, 0.1) is 0 Å². The molecule has 1 aliphatic carbocycles. The number of carbonyl (C=O) groups excluding carboxylic acids is 1. The Hall–Kier alpha value is -4.36. The number of pyridine rings is 1. The Morgan fingerprint density at radius 3 is 2.25 bits per heavy atom. The van der Waals surface area contributed by atoms with Crippen LogP contribution >= 0.6 is 0 Å². The summed E-state index contributed by atoms with van der Waals surface area (Å²) < 4.78 is 92.5. The topological polar surface area (TPSA) is 66.9 Å². The maximum atomic E-state index is 14.8. The highest BCUT2D eigenvalue weighted by Crippen LogP contribution is 2.47. The van der Waals surface area contributed by atoms with Crippen molar-refractivity contribution in [1.82, 2.24) is 20.1 Å². The molecule has 0 unspecified atom stereocenters. The molecule has 13 heteroatoms. The predicted octanol–water partition coefficient (Wildman–Crippen LogP) is 8.74. The largest absolute Gasteiger partial charge is 0.493 e. The van der Waals surface area contributed by atoms with Crippen LogP contribution in [0.25, 0.3) is 22.2 Å². The van der Waals surface area contributed by atoms with Crippen molar-refractivity contribution < 1.29 is 40.6 Å². The van der Waals surface area contributed by atoms with Gasteiger partial charge in [0.2, 0.25) is 0 Å². The number of methoxy groups -OCH3 is 1. The van der Waals surface area contributed by atoms with E-state index in [1.165, 1.54) is 50.6 Å². The SMILES string of the molecule is COc1cc2c(C(=O)NC3(c4ccccc4)CC3)c(CN3CCC(N4CCCCC4)CC3)c(-c3cccc(C(F)(F)F)c3)nc2cc1OCC(F)(F)F. The predicted molar refractivity (Wildman–Crippen MR) is 189 cm³/mol. The van der Waals surface area contributed by atoms with Gasteiger partial charge in [0, 0.05) is 35.2 Å². The third kappa shape index (κ3) is 8.26. The van der Waals surface area contributed by atoms with E-state index in [2.05, 4.69) is 15.1 Å². The van der Waals surface area contributed by atoms with E-state index in [-0.39, 0.29) is 45.8 Å². The molecule has 4 aromatic rings. The van der Waals surface area contributed by atoms with Gasteiger partial charge in [-0.3, -0.25) is 9.69 Å². The number of alkyl halides is 6. The van der Waals surface area contributed by atoms with Gasteiger partial charge >= 0.3 is 12.4 Å². The van der Waals surface area contributed by atoms with Crippen molar-refractivity contribution in [3.05, 3.63) is 89.0 Å². The number of rotatable bonds is 10. The normalized spacial score (nSPS) is 18.5. The Balaban J connectivity index is 1.37. The monoisotopic (exact) mass is 740 g/mol. The Labute approximate surface area is 304 Å². The van der Waals surface area contributed by atoms with Crippen molar-refractivity contribution in [3.8, 4) is 22.8 Å². The first-order chi connectivity index (χ1) is 25.3. The Morgan fingerprint density at radius 2 is 1.60 bits per heavy atom. The fourth-order valence-corrected chi connectivity index (χ4v) is 7.84. The molecule has 1 aromatic heterocycles. The number of benzene rings is 3. The third-order valence-corrected chi connectivity index (χ3v) is 10.7. The van der Waals surface area contributed by atoms with E-state index in [9.17, 15) is 31.1 Å². The molecular weight excluding hydrogens is 698 g/mol. The summed E-state index contributed by atoms with van der Waals surface area (Å²) in [7, 11) is 1.29. The smallest absolute Gasteiger partial charge is 0.422 e. The van der Waals surface area contributed by atoms with Crippen molar-refractivity contribution in [2.75, 3.05) is 39.9 Å². The number of amides is 1. The number of nitrogens with one attached hydrogen (secondary N) is 1. The van der Waals surface area contributed by atoms with E-state index in [1.807, 2.05) is 30.3 Å². The van der Waals surface area contributed by atoms with Crippen molar-refractivity contribution >= 4 is 16.8 Å². The minimum atomic E-state index is -4.65. The van der Waals surface area contributed by atoms with Crippen LogP contribution in [-0.4, -0.2) is 72.8 Å². The van der Waals surface area contributed by atoms with Gasteiger partial charge in [-0.1, -0.05) is 48.9 Å². The lowest BCUT2D eigenvalue weighted by atomic mass is 9.93. The average molecular weight is 741 g/mol. The lowest BCUT2D eigenvalue weighted by molar-refractivity contribution is -0.153. The van der Waals surface area contributed by atoms with E-state index in [1.54, 1.807) is 0 Å². The summed E-state index contributed by atoms with van der Waals surface area (Å²) in [6, 6.07) is 17.4. The molecular formula is C40H42F6N4O3. The second-order valence-corrected chi connectivity index (χ2v) is 14.3. The summed E-state index contributed by atoms with van der Waals surface area (Å²) in [4.78, 5) is 24.4. The number of hydrogen-bond donors (Lipinski definition) is 1. The number of piperidine rings is 2. The lowest BCUT2D eigenvalue weighted by Gasteiger charge is -2.40. The first-order valence-electron chi connectivity index (χ1n) is 18.1. The zero-order valence-electron chi connectivity index (χ0n) is 29.5. The van der Waals surface area contributed by atoms with E-state index < -0.39 is 36.0 Å². The molecule has 7 nitrogen and oxygen atoms in total.